The SMILES string of the molecule is Cc1ccc2c(C)c(C(N)C(C)(C)C)oc2c1. The summed E-state index contributed by atoms with van der Waals surface area (Å²) in [7, 11) is 0. The van der Waals surface area contributed by atoms with Gasteiger partial charge in [0, 0.05) is 5.39 Å². The van der Waals surface area contributed by atoms with Gasteiger partial charge in [-0.25, -0.2) is 0 Å². The number of fused-ring (bicyclic) bond motifs is 1. The first kappa shape index (κ1) is 12.2. The molecule has 17 heavy (non-hydrogen) atoms. The van der Waals surface area contributed by atoms with Crippen molar-refractivity contribution in [1.82, 2.24) is 0 Å². The van der Waals surface area contributed by atoms with Gasteiger partial charge in [-0.3, -0.25) is 0 Å². The minimum atomic E-state index is -0.0739. The molecule has 0 saturated heterocycles. The highest BCUT2D eigenvalue weighted by Crippen LogP contribution is 2.36. The highest BCUT2D eigenvalue weighted by molar-refractivity contribution is 5.82. The second-order valence-electron chi connectivity index (χ2n) is 5.93. The molecule has 0 fully saturated rings. The lowest BCUT2D eigenvalue weighted by molar-refractivity contribution is 0.289. The quantitative estimate of drug-likeness (QED) is 0.802. The summed E-state index contributed by atoms with van der Waals surface area (Å²) in [5, 5.41) is 1.17. The fraction of sp³-hybridized carbons (Fsp3) is 0.467. The monoisotopic (exact) mass is 231 g/mol. The van der Waals surface area contributed by atoms with Crippen molar-refractivity contribution in [1.29, 1.82) is 0 Å². The topological polar surface area (TPSA) is 39.2 Å². The summed E-state index contributed by atoms with van der Waals surface area (Å²) < 4.78 is 5.94. The first-order valence-electron chi connectivity index (χ1n) is 6.06. The van der Waals surface area contributed by atoms with Crippen LogP contribution in [0.25, 0.3) is 11.0 Å². The van der Waals surface area contributed by atoms with Gasteiger partial charge in [-0.05, 0) is 36.5 Å². The lowest BCUT2D eigenvalue weighted by Crippen LogP contribution is -2.26. The van der Waals surface area contributed by atoms with Crippen molar-refractivity contribution in [3.63, 3.8) is 0 Å². The normalized spacial score (nSPS) is 14.2. The van der Waals surface area contributed by atoms with E-state index in [1.165, 1.54) is 16.5 Å². The molecule has 2 aromatic rings. The predicted octanol–water partition coefficient (Wildman–Crippen LogP) is 4.10. The first-order chi connectivity index (χ1) is 7.80. The zero-order valence-corrected chi connectivity index (χ0v) is 11.3. The van der Waals surface area contributed by atoms with Gasteiger partial charge in [0.25, 0.3) is 0 Å². The van der Waals surface area contributed by atoms with Crippen molar-refractivity contribution in [2.45, 2.75) is 40.7 Å². The van der Waals surface area contributed by atoms with Crippen LogP contribution in [0.3, 0.4) is 0 Å². The summed E-state index contributed by atoms with van der Waals surface area (Å²) in [5.41, 5.74) is 9.61. The van der Waals surface area contributed by atoms with Crippen molar-refractivity contribution in [2.75, 3.05) is 0 Å². The van der Waals surface area contributed by atoms with Crippen molar-refractivity contribution >= 4 is 11.0 Å². The van der Waals surface area contributed by atoms with E-state index in [4.69, 9.17) is 10.2 Å². The van der Waals surface area contributed by atoms with Crippen LogP contribution >= 0.6 is 0 Å². The van der Waals surface area contributed by atoms with E-state index < -0.39 is 0 Å². The van der Waals surface area contributed by atoms with Gasteiger partial charge in [-0.2, -0.15) is 0 Å². The van der Waals surface area contributed by atoms with Crippen LogP contribution in [-0.2, 0) is 0 Å². The average Bonchev–Trinajstić information content (AvgIpc) is 2.53. The summed E-state index contributed by atoms with van der Waals surface area (Å²) in [6, 6.07) is 6.22. The Labute approximate surface area is 103 Å². The van der Waals surface area contributed by atoms with Crippen LogP contribution in [0.2, 0.25) is 0 Å². The molecular weight excluding hydrogens is 210 g/mol. The van der Waals surface area contributed by atoms with Crippen LogP contribution in [0.15, 0.2) is 22.6 Å². The molecule has 0 radical (unpaired) electrons. The molecule has 0 bridgehead atoms. The van der Waals surface area contributed by atoms with E-state index in [9.17, 15) is 0 Å². The Morgan fingerprint density at radius 2 is 1.82 bits per heavy atom. The van der Waals surface area contributed by atoms with Gasteiger partial charge in [0.2, 0.25) is 0 Å². The summed E-state index contributed by atoms with van der Waals surface area (Å²) in [6.07, 6.45) is 0. The summed E-state index contributed by atoms with van der Waals surface area (Å²) in [5.74, 6) is 0.915. The smallest absolute Gasteiger partial charge is 0.134 e. The van der Waals surface area contributed by atoms with E-state index >= 15 is 0 Å². The van der Waals surface area contributed by atoms with Crippen molar-refractivity contribution in [2.24, 2.45) is 11.1 Å². The predicted molar refractivity (Wildman–Crippen MR) is 72.1 cm³/mol. The maximum absolute atomic E-state index is 6.28. The van der Waals surface area contributed by atoms with Gasteiger partial charge < -0.3 is 10.2 Å². The molecule has 1 aromatic carbocycles. The number of furan rings is 1. The molecule has 1 aromatic heterocycles. The summed E-state index contributed by atoms with van der Waals surface area (Å²) in [4.78, 5) is 0. The average molecular weight is 231 g/mol. The lowest BCUT2D eigenvalue weighted by Gasteiger charge is -2.25. The van der Waals surface area contributed by atoms with Gasteiger partial charge in [0.15, 0.2) is 0 Å². The Bertz CT molecular complexity index is 546. The van der Waals surface area contributed by atoms with E-state index in [0.29, 0.717) is 0 Å². The third-order valence-electron chi connectivity index (χ3n) is 3.35. The van der Waals surface area contributed by atoms with E-state index in [1.54, 1.807) is 0 Å². The van der Waals surface area contributed by atoms with Crippen LogP contribution in [0.4, 0.5) is 0 Å². The molecular formula is C15H21NO. The van der Waals surface area contributed by atoms with Gasteiger partial charge in [0.1, 0.15) is 11.3 Å². The van der Waals surface area contributed by atoms with Crippen LogP contribution in [0, 0.1) is 19.3 Å². The van der Waals surface area contributed by atoms with E-state index in [1.807, 2.05) is 0 Å². The number of hydrogen-bond acceptors (Lipinski definition) is 2. The van der Waals surface area contributed by atoms with Crippen LogP contribution in [0.1, 0.15) is 43.7 Å². The Morgan fingerprint density at radius 3 is 2.41 bits per heavy atom. The molecule has 1 atom stereocenters. The maximum Gasteiger partial charge on any atom is 0.134 e. The zero-order valence-electron chi connectivity index (χ0n) is 11.3. The van der Waals surface area contributed by atoms with E-state index in [2.05, 4.69) is 52.8 Å². The minimum absolute atomic E-state index is 0.00762. The second kappa shape index (κ2) is 3.88. The van der Waals surface area contributed by atoms with Crippen molar-refractivity contribution < 1.29 is 4.42 Å². The fourth-order valence-corrected chi connectivity index (χ4v) is 2.04. The molecule has 2 rings (SSSR count). The highest BCUT2D eigenvalue weighted by Gasteiger charge is 2.27. The minimum Gasteiger partial charge on any atom is -0.459 e. The molecule has 2 heteroatoms. The molecule has 0 spiro atoms. The molecule has 92 valence electrons. The number of hydrogen-bond donors (Lipinski definition) is 1. The number of nitrogens with two attached hydrogens (primary N) is 1. The molecule has 0 aliphatic rings. The molecule has 1 unspecified atom stereocenters. The molecule has 1 heterocycles. The zero-order chi connectivity index (χ0) is 12.8. The number of rotatable bonds is 1. The van der Waals surface area contributed by atoms with Crippen LogP contribution < -0.4 is 5.73 Å². The molecule has 0 aliphatic carbocycles. The van der Waals surface area contributed by atoms with Gasteiger partial charge >= 0.3 is 0 Å². The van der Waals surface area contributed by atoms with Crippen molar-refractivity contribution in [3.8, 4) is 0 Å². The Morgan fingerprint density at radius 1 is 1.18 bits per heavy atom. The first-order valence-corrected chi connectivity index (χ1v) is 6.06. The summed E-state index contributed by atoms with van der Waals surface area (Å²) >= 11 is 0. The highest BCUT2D eigenvalue weighted by atomic mass is 16.3. The molecule has 2 N–H and O–H groups in total. The molecule has 0 aliphatic heterocycles. The Balaban J connectivity index is 2.60. The molecule has 2 nitrogen and oxygen atoms in total. The maximum atomic E-state index is 6.28. The van der Waals surface area contributed by atoms with Crippen LogP contribution in [0.5, 0.6) is 0 Å². The second-order valence-corrected chi connectivity index (χ2v) is 5.93. The summed E-state index contributed by atoms with van der Waals surface area (Å²) in [6.45, 7) is 10.6. The van der Waals surface area contributed by atoms with E-state index in [-0.39, 0.29) is 11.5 Å². The Hall–Kier alpha value is -1.28. The molecule has 0 saturated carbocycles. The standard InChI is InChI=1S/C15H21NO/c1-9-6-7-11-10(2)13(17-12(11)8-9)14(16)15(3,4)5/h6-8,14H,16H2,1-5H3. The van der Waals surface area contributed by atoms with Gasteiger partial charge in [-0.15, -0.1) is 0 Å². The number of benzene rings is 1. The van der Waals surface area contributed by atoms with Crippen molar-refractivity contribution in [3.05, 3.63) is 35.1 Å². The number of aryl methyl sites for hydroxylation is 2. The van der Waals surface area contributed by atoms with E-state index in [0.717, 1.165) is 11.3 Å². The fourth-order valence-electron chi connectivity index (χ4n) is 2.04. The van der Waals surface area contributed by atoms with Crippen LogP contribution in [-0.4, -0.2) is 0 Å². The lowest BCUT2D eigenvalue weighted by atomic mass is 9.85. The Kier molecular flexibility index (Phi) is 2.78. The van der Waals surface area contributed by atoms with Gasteiger partial charge in [-0.1, -0.05) is 32.9 Å². The van der Waals surface area contributed by atoms with Gasteiger partial charge in [0.05, 0.1) is 6.04 Å². The third-order valence-corrected chi connectivity index (χ3v) is 3.35. The molecule has 0 amide bonds. The largest absolute Gasteiger partial charge is 0.459 e. The third kappa shape index (κ3) is 2.09.